The Hall–Kier alpha value is -1.74. The van der Waals surface area contributed by atoms with Crippen molar-refractivity contribution < 1.29 is 4.79 Å². The Morgan fingerprint density at radius 1 is 1.24 bits per heavy atom. The number of carbonyl (C=O) groups excluding carboxylic acids is 1. The summed E-state index contributed by atoms with van der Waals surface area (Å²) < 4.78 is 0. The van der Waals surface area contributed by atoms with Crippen LogP contribution in [-0.4, -0.2) is 10.9 Å². The summed E-state index contributed by atoms with van der Waals surface area (Å²) in [5.41, 5.74) is 1.83. The fourth-order valence-corrected chi connectivity index (χ4v) is 1.75. The molecule has 0 radical (unpaired) electrons. The molecule has 2 rings (SSSR count). The van der Waals surface area contributed by atoms with Crippen molar-refractivity contribution in [3.63, 3.8) is 0 Å². The molecule has 0 saturated heterocycles. The van der Waals surface area contributed by atoms with Gasteiger partial charge in [0.2, 0.25) is 5.91 Å². The molecular weight excluding hydrogens is 236 g/mol. The standard InChI is InChI=1S/C13H13ClN2O/c14-12-6-2-1-4-10(12)9-16-13(17)8-11-5-3-7-15-11/h1-7,15H,8-9H2,(H,16,17). The van der Waals surface area contributed by atoms with Crippen LogP contribution in [-0.2, 0) is 17.8 Å². The van der Waals surface area contributed by atoms with Crippen LogP contribution in [0.2, 0.25) is 5.02 Å². The maximum atomic E-state index is 11.6. The van der Waals surface area contributed by atoms with Gasteiger partial charge in [-0.05, 0) is 23.8 Å². The molecule has 2 aromatic rings. The minimum Gasteiger partial charge on any atom is -0.365 e. The SMILES string of the molecule is O=C(Cc1ccc[nH]1)NCc1ccccc1Cl. The Balaban J connectivity index is 1.86. The average molecular weight is 249 g/mol. The number of rotatable bonds is 4. The number of amides is 1. The van der Waals surface area contributed by atoms with E-state index in [9.17, 15) is 4.79 Å². The zero-order valence-corrected chi connectivity index (χ0v) is 10.00. The Morgan fingerprint density at radius 3 is 2.76 bits per heavy atom. The van der Waals surface area contributed by atoms with Crippen LogP contribution in [0.25, 0.3) is 0 Å². The van der Waals surface area contributed by atoms with Crippen LogP contribution in [0, 0.1) is 0 Å². The molecular formula is C13H13ClN2O. The lowest BCUT2D eigenvalue weighted by molar-refractivity contribution is -0.120. The van der Waals surface area contributed by atoms with Crippen LogP contribution in [0.15, 0.2) is 42.6 Å². The number of aromatic amines is 1. The highest BCUT2D eigenvalue weighted by atomic mass is 35.5. The third-order valence-corrected chi connectivity index (χ3v) is 2.82. The molecule has 0 spiro atoms. The van der Waals surface area contributed by atoms with Gasteiger partial charge in [-0.3, -0.25) is 4.79 Å². The Morgan fingerprint density at radius 2 is 2.06 bits per heavy atom. The van der Waals surface area contributed by atoms with E-state index < -0.39 is 0 Å². The molecule has 2 N–H and O–H groups in total. The molecule has 1 heterocycles. The molecule has 0 aliphatic rings. The predicted octanol–water partition coefficient (Wildman–Crippen LogP) is 2.53. The van der Waals surface area contributed by atoms with Crippen molar-refractivity contribution in [2.75, 3.05) is 0 Å². The van der Waals surface area contributed by atoms with E-state index in [-0.39, 0.29) is 5.91 Å². The van der Waals surface area contributed by atoms with Gasteiger partial charge in [0, 0.05) is 23.5 Å². The zero-order chi connectivity index (χ0) is 12.1. The quantitative estimate of drug-likeness (QED) is 0.858. The second kappa shape index (κ2) is 5.55. The molecule has 0 atom stereocenters. The lowest BCUT2D eigenvalue weighted by Crippen LogP contribution is -2.24. The monoisotopic (exact) mass is 248 g/mol. The van der Waals surface area contributed by atoms with Gasteiger partial charge in [0.1, 0.15) is 0 Å². The summed E-state index contributed by atoms with van der Waals surface area (Å²) in [6, 6.07) is 11.2. The highest BCUT2D eigenvalue weighted by Crippen LogP contribution is 2.14. The molecule has 0 aliphatic carbocycles. The van der Waals surface area contributed by atoms with Crippen molar-refractivity contribution >= 4 is 17.5 Å². The van der Waals surface area contributed by atoms with Gasteiger partial charge in [-0.15, -0.1) is 0 Å². The lowest BCUT2D eigenvalue weighted by Gasteiger charge is -2.06. The molecule has 1 aromatic heterocycles. The first-order chi connectivity index (χ1) is 8.25. The van der Waals surface area contributed by atoms with E-state index in [0.29, 0.717) is 18.0 Å². The smallest absolute Gasteiger partial charge is 0.226 e. The van der Waals surface area contributed by atoms with Crippen molar-refractivity contribution in [3.8, 4) is 0 Å². The molecule has 17 heavy (non-hydrogen) atoms. The summed E-state index contributed by atoms with van der Waals surface area (Å²) in [4.78, 5) is 14.6. The van der Waals surface area contributed by atoms with E-state index in [1.54, 1.807) is 6.20 Å². The van der Waals surface area contributed by atoms with Gasteiger partial charge in [-0.1, -0.05) is 29.8 Å². The van der Waals surface area contributed by atoms with Gasteiger partial charge in [-0.25, -0.2) is 0 Å². The molecule has 0 aliphatic heterocycles. The predicted molar refractivity (Wildman–Crippen MR) is 67.8 cm³/mol. The number of benzene rings is 1. The highest BCUT2D eigenvalue weighted by Gasteiger charge is 2.04. The number of carbonyl (C=O) groups is 1. The molecule has 0 saturated carbocycles. The maximum Gasteiger partial charge on any atom is 0.226 e. The topological polar surface area (TPSA) is 44.9 Å². The van der Waals surface area contributed by atoms with Gasteiger partial charge in [0.25, 0.3) is 0 Å². The summed E-state index contributed by atoms with van der Waals surface area (Å²) >= 11 is 5.99. The fourth-order valence-electron chi connectivity index (χ4n) is 1.55. The maximum absolute atomic E-state index is 11.6. The van der Waals surface area contributed by atoms with Crippen molar-refractivity contribution in [2.24, 2.45) is 0 Å². The summed E-state index contributed by atoms with van der Waals surface area (Å²) in [6.45, 7) is 0.458. The van der Waals surface area contributed by atoms with Gasteiger partial charge in [0.05, 0.1) is 6.42 Å². The molecule has 0 bridgehead atoms. The summed E-state index contributed by atoms with van der Waals surface area (Å²) in [7, 11) is 0. The molecule has 0 unspecified atom stereocenters. The van der Waals surface area contributed by atoms with E-state index in [2.05, 4.69) is 10.3 Å². The number of nitrogens with one attached hydrogen (secondary N) is 2. The number of halogens is 1. The van der Waals surface area contributed by atoms with Crippen LogP contribution in [0.5, 0.6) is 0 Å². The van der Waals surface area contributed by atoms with E-state index in [0.717, 1.165) is 11.3 Å². The van der Waals surface area contributed by atoms with Gasteiger partial charge in [-0.2, -0.15) is 0 Å². The fraction of sp³-hybridized carbons (Fsp3) is 0.154. The summed E-state index contributed by atoms with van der Waals surface area (Å²) in [6.07, 6.45) is 2.16. The Kier molecular flexibility index (Phi) is 3.83. The Bertz CT molecular complexity index is 494. The average Bonchev–Trinajstić information content (AvgIpc) is 2.81. The molecule has 88 valence electrons. The van der Waals surface area contributed by atoms with Crippen molar-refractivity contribution in [1.82, 2.24) is 10.3 Å². The second-order valence-corrected chi connectivity index (χ2v) is 4.15. The van der Waals surface area contributed by atoms with Crippen molar-refractivity contribution in [3.05, 3.63) is 58.9 Å². The largest absolute Gasteiger partial charge is 0.365 e. The lowest BCUT2D eigenvalue weighted by atomic mass is 10.2. The van der Waals surface area contributed by atoms with Crippen LogP contribution < -0.4 is 5.32 Å². The minimum absolute atomic E-state index is 0.0210. The zero-order valence-electron chi connectivity index (χ0n) is 9.24. The van der Waals surface area contributed by atoms with Crippen LogP contribution in [0.3, 0.4) is 0 Å². The van der Waals surface area contributed by atoms with Gasteiger partial charge >= 0.3 is 0 Å². The van der Waals surface area contributed by atoms with E-state index >= 15 is 0 Å². The molecule has 4 heteroatoms. The normalized spacial score (nSPS) is 10.2. The van der Waals surface area contributed by atoms with Crippen LogP contribution in [0.4, 0.5) is 0 Å². The Labute approximate surface area is 105 Å². The minimum atomic E-state index is -0.0210. The third-order valence-electron chi connectivity index (χ3n) is 2.45. The van der Waals surface area contributed by atoms with Crippen molar-refractivity contribution in [1.29, 1.82) is 0 Å². The highest BCUT2D eigenvalue weighted by molar-refractivity contribution is 6.31. The molecule has 1 aromatic carbocycles. The molecule has 1 amide bonds. The number of aromatic nitrogens is 1. The van der Waals surface area contributed by atoms with Gasteiger partial charge in [0.15, 0.2) is 0 Å². The number of hydrogen-bond donors (Lipinski definition) is 2. The summed E-state index contributed by atoms with van der Waals surface area (Å²) in [5.74, 6) is -0.0210. The number of hydrogen-bond acceptors (Lipinski definition) is 1. The van der Waals surface area contributed by atoms with E-state index in [1.807, 2.05) is 36.4 Å². The first-order valence-electron chi connectivity index (χ1n) is 5.38. The van der Waals surface area contributed by atoms with Crippen LogP contribution in [0.1, 0.15) is 11.3 Å². The first-order valence-corrected chi connectivity index (χ1v) is 5.76. The molecule has 3 nitrogen and oxygen atoms in total. The van der Waals surface area contributed by atoms with Crippen LogP contribution >= 0.6 is 11.6 Å². The summed E-state index contributed by atoms with van der Waals surface area (Å²) in [5, 5.41) is 3.51. The van der Waals surface area contributed by atoms with Gasteiger partial charge < -0.3 is 10.3 Å². The molecule has 0 fully saturated rings. The van der Waals surface area contributed by atoms with E-state index in [1.165, 1.54) is 0 Å². The third kappa shape index (κ3) is 3.36. The second-order valence-electron chi connectivity index (χ2n) is 3.74. The van der Waals surface area contributed by atoms with E-state index in [4.69, 9.17) is 11.6 Å². The number of H-pyrrole nitrogens is 1. The first kappa shape index (κ1) is 11.7. The van der Waals surface area contributed by atoms with Crippen molar-refractivity contribution in [2.45, 2.75) is 13.0 Å².